The molecule has 0 aliphatic heterocycles. The molecule has 1 saturated carbocycles. The highest BCUT2D eigenvalue weighted by molar-refractivity contribution is 5.81. The second-order valence-corrected chi connectivity index (χ2v) is 4.61. The van der Waals surface area contributed by atoms with Crippen LogP contribution in [0.25, 0.3) is 11.0 Å². The van der Waals surface area contributed by atoms with Crippen molar-refractivity contribution in [3.8, 4) is 0 Å². The first kappa shape index (κ1) is 9.66. The number of fused-ring (bicyclic) bond motifs is 1. The summed E-state index contributed by atoms with van der Waals surface area (Å²) in [6.45, 7) is 0. The molecule has 1 aliphatic rings. The van der Waals surface area contributed by atoms with Crippen LogP contribution >= 0.6 is 0 Å². The molecule has 0 amide bonds. The third kappa shape index (κ3) is 1.05. The maximum absolute atomic E-state index is 11.8. The zero-order valence-corrected chi connectivity index (χ0v) is 9.40. The molecule has 0 spiro atoms. The van der Waals surface area contributed by atoms with Crippen LogP contribution in [0.3, 0.4) is 0 Å². The minimum atomic E-state index is -0.703. The summed E-state index contributed by atoms with van der Waals surface area (Å²) in [6.07, 6.45) is 1.57. The van der Waals surface area contributed by atoms with Gasteiger partial charge in [-0.2, -0.15) is 0 Å². The van der Waals surface area contributed by atoms with Crippen LogP contribution in [0.2, 0.25) is 0 Å². The zero-order chi connectivity index (χ0) is 11.5. The van der Waals surface area contributed by atoms with Crippen molar-refractivity contribution in [1.82, 2.24) is 9.13 Å². The number of imidazole rings is 1. The largest absolute Gasteiger partial charge is 0.385 e. The Bertz CT molecular complexity index is 632. The van der Waals surface area contributed by atoms with Gasteiger partial charge in [0.2, 0.25) is 0 Å². The van der Waals surface area contributed by atoms with Gasteiger partial charge in [0.15, 0.2) is 0 Å². The number of rotatable bonds is 1. The average Bonchev–Trinajstić information content (AvgIpc) is 3.00. The molecule has 0 bridgehead atoms. The lowest BCUT2D eigenvalue weighted by molar-refractivity contribution is 0.153. The molecule has 1 fully saturated rings. The summed E-state index contributed by atoms with van der Waals surface area (Å²) in [6, 6.07) is 5.72. The summed E-state index contributed by atoms with van der Waals surface area (Å²) in [5, 5.41) is 10.2. The Kier molecular flexibility index (Phi) is 1.67. The summed E-state index contributed by atoms with van der Waals surface area (Å²) in [5.74, 6) is 0. The Morgan fingerprint density at radius 3 is 2.56 bits per heavy atom. The smallest absolute Gasteiger partial charge is 0.328 e. The van der Waals surface area contributed by atoms with Crippen LogP contribution in [0.5, 0.6) is 0 Å². The van der Waals surface area contributed by atoms with Crippen molar-refractivity contribution in [3.63, 3.8) is 0 Å². The van der Waals surface area contributed by atoms with Gasteiger partial charge in [-0.15, -0.1) is 0 Å². The van der Waals surface area contributed by atoms with E-state index in [1.165, 1.54) is 0 Å². The maximum atomic E-state index is 11.8. The van der Waals surface area contributed by atoms with Crippen molar-refractivity contribution in [2.24, 2.45) is 14.1 Å². The van der Waals surface area contributed by atoms with Crippen LogP contribution in [0.1, 0.15) is 18.4 Å². The normalized spacial score (nSPS) is 17.9. The Morgan fingerprint density at radius 1 is 1.25 bits per heavy atom. The van der Waals surface area contributed by atoms with Crippen molar-refractivity contribution in [1.29, 1.82) is 0 Å². The van der Waals surface area contributed by atoms with Crippen LogP contribution in [0, 0.1) is 0 Å². The Morgan fingerprint density at radius 2 is 1.94 bits per heavy atom. The molecule has 1 N–H and O–H groups in total. The lowest BCUT2D eigenvalue weighted by Gasteiger charge is -2.10. The van der Waals surface area contributed by atoms with Gasteiger partial charge in [-0.25, -0.2) is 4.79 Å². The van der Waals surface area contributed by atoms with Gasteiger partial charge in [0.1, 0.15) is 0 Å². The standard InChI is InChI=1S/C12H14N2O2/c1-13-9-5-3-4-8(12(16)6-7-12)10(9)14(2)11(13)15/h3-5,16H,6-7H2,1-2H3. The fraction of sp³-hybridized carbons (Fsp3) is 0.417. The first-order valence-electron chi connectivity index (χ1n) is 5.42. The van der Waals surface area contributed by atoms with E-state index in [1.807, 2.05) is 18.2 Å². The third-order valence-electron chi connectivity index (χ3n) is 3.51. The molecule has 0 saturated heterocycles. The molecule has 0 radical (unpaired) electrons. The number of aryl methyl sites for hydroxylation is 2. The highest BCUT2D eigenvalue weighted by Crippen LogP contribution is 2.47. The highest BCUT2D eigenvalue weighted by atomic mass is 16.3. The van der Waals surface area contributed by atoms with Gasteiger partial charge in [0, 0.05) is 19.7 Å². The van der Waals surface area contributed by atoms with Gasteiger partial charge in [-0.1, -0.05) is 12.1 Å². The average molecular weight is 218 g/mol. The van der Waals surface area contributed by atoms with E-state index in [-0.39, 0.29) is 5.69 Å². The predicted octanol–water partition coefficient (Wildman–Crippen LogP) is 0.858. The van der Waals surface area contributed by atoms with E-state index in [9.17, 15) is 9.90 Å². The second kappa shape index (κ2) is 2.77. The van der Waals surface area contributed by atoms with Crippen molar-refractivity contribution < 1.29 is 5.11 Å². The molecule has 1 heterocycles. The van der Waals surface area contributed by atoms with Gasteiger partial charge in [-0.05, 0) is 18.9 Å². The molecule has 0 unspecified atom stereocenters. The molecule has 3 rings (SSSR count). The molecule has 0 atom stereocenters. The fourth-order valence-corrected chi connectivity index (χ4v) is 2.34. The first-order valence-corrected chi connectivity index (χ1v) is 5.42. The monoisotopic (exact) mass is 218 g/mol. The van der Waals surface area contributed by atoms with Gasteiger partial charge in [0.25, 0.3) is 0 Å². The summed E-state index contributed by atoms with van der Waals surface area (Å²) in [5.41, 5.74) is 1.86. The Labute approximate surface area is 92.7 Å². The summed E-state index contributed by atoms with van der Waals surface area (Å²) in [4.78, 5) is 11.8. The maximum Gasteiger partial charge on any atom is 0.328 e. The fourth-order valence-electron chi connectivity index (χ4n) is 2.34. The number of para-hydroxylation sites is 1. The Hall–Kier alpha value is -1.55. The van der Waals surface area contributed by atoms with E-state index in [1.54, 1.807) is 23.2 Å². The summed E-state index contributed by atoms with van der Waals surface area (Å²) in [7, 11) is 3.51. The van der Waals surface area contributed by atoms with Crippen LogP contribution in [-0.2, 0) is 19.7 Å². The predicted molar refractivity (Wildman–Crippen MR) is 61.3 cm³/mol. The second-order valence-electron chi connectivity index (χ2n) is 4.61. The van der Waals surface area contributed by atoms with Gasteiger partial charge < -0.3 is 5.11 Å². The summed E-state index contributed by atoms with van der Waals surface area (Å²) >= 11 is 0. The van der Waals surface area contributed by atoms with E-state index in [4.69, 9.17) is 0 Å². The number of aromatic nitrogens is 2. The molecular formula is C12H14N2O2. The molecule has 16 heavy (non-hydrogen) atoms. The van der Waals surface area contributed by atoms with E-state index in [2.05, 4.69) is 0 Å². The first-order chi connectivity index (χ1) is 7.54. The van der Waals surface area contributed by atoms with Crippen LogP contribution in [0.15, 0.2) is 23.0 Å². The number of nitrogens with zero attached hydrogens (tertiary/aromatic N) is 2. The molecule has 1 aromatic carbocycles. The van der Waals surface area contributed by atoms with Crippen LogP contribution in [-0.4, -0.2) is 14.2 Å². The molecule has 2 aromatic rings. The van der Waals surface area contributed by atoms with E-state index >= 15 is 0 Å². The highest BCUT2D eigenvalue weighted by Gasteiger charge is 2.44. The number of hydrogen-bond donors (Lipinski definition) is 1. The van der Waals surface area contributed by atoms with Crippen LogP contribution < -0.4 is 5.69 Å². The molecule has 1 aliphatic carbocycles. The molecule has 1 aromatic heterocycles. The zero-order valence-electron chi connectivity index (χ0n) is 9.40. The SMILES string of the molecule is Cn1c(=O)n(C)c2c(C3(O)CC3)cccc21. The quantitative estimate of drug-likeness (QED) is 0.771. The van der Waals surface area contributed by atoms with Crippen molar-refractivity contribution >= 4 is 11.0 Å². The van der Waals surface area contributed by atoms with Gasteiger partial charge >= 0.3 is 5.69 Å². The van der Waals surface area contributed by atoms with Crippen LogP contribution in [0.4, 0.5) is 0 Å². The van der Waals surface area contributed by atoms with E-state index < -0.39 is 5.60 Å². The van der Waals surface area contributed by atoms with Crippen molar-refractivity contribution in [2.75, 3.05) is 0 Å². The topological polar surface area (TPSA) is 47.2 Å². The van der Waals surface area contributed by atoms with Gasteiger partial charge in [-0.3, -0.25) is 9.13 Å². The number of aliphatic hydroxyl groups is 1. The third-order valence-corrected chi connectivity index (χ3v) is 3.51. The minimum Gasteiger partial charge on any atom is -0.385 e. The Balaban J connectivity index is 2.47. The number of hydrogen-bond acceptors (Lipinski definition) is 2. The molecule has 84 valence electrons. The van der Waals surface area contributed by atoms with E-state index in [0.717, 1.165) is 29.4 Å². The minimum absolute atomic E-state index is 0.0494. The van der Waals surface area contributed by atoms with E-state index in [0.29, 0.717) is 0 Å². The summed E-state index contributed by atoms with van der Waals surface area (Å²) < 4.78 is 3.23. The van der Waals surface area contributed by atoms with Crippen molar-refractivity contribution in [3.05, 3.63) is 34.2 Å². The molecule has 4 heteroatoms. The lowest BCUT2D eigenvalue weighted by atomic mass is 10.1. The lowest BCUT2D eigenvalue weighted by Crippen LogP contribution is -2.19. The number of benzene rings is 1. The van der Waals surface area contributed by atoms with Crippen molar-refractivity contribution in [2.45, 2.75) is 18.4 Å². The van der Waals surface area contributed by atoms with Gasteiger partial charge in [0.05, 0.1) is 16.6 Å². The molecule has 4 nitrogen and oxygen atoms in total. The molecular weight excluding hydrogens is 204 g/mol.